The Morgan fingerprint density at radius 3 is 2.93 bits per heavy atom. The summed E-state index contributed by atoms with van der Waals surface area (Å²) >= 11 is 0. The third-order valence-corrected chi connectivity index (χ3v) is 5.56. The highest BCUT2D eigenvalue weighted by Crippen LogP contribution is 2.25. The number of benzene rings is 1. The minimum absolute atomic E-state index is 0.0584. The molecule has 0 bridgehead atoms. The SMILES string of the molecule is N#Cc1ccc2c(N[C@H]3CCN(CC(=O)N4CCCC4C#N)C3)cccc2n1. The lowest BCUT2D eigenvalue weighted by atomic mass is 10.1. The van der Waals surface area contributed by atoms with Gasteiger partial charge in [0.25, 0.3) is 0 Å². The lowest BCUT2D eigenvalue weighted by Crippen LogP contribution is -2.42. The van der Waals surface area contributed by atoms with Gasteiger partial charge in [0, 0.05) is 36.7 Å². The summed E-state index contributed by atoms with van der Waals surface area (Å²) in [5.74, 6) is 0.0584. The van der Waals surface area contributed by atoms with Crippen molar-refractivity contribution < 1.29 is 4.79 Å². The molecule has 1 N–H and O–H groups in total. The molecule has 2 saturated heterocycles. The van der Waals surface area contributed by atoms with Gasteiger partial charge >= 0.3 is 0 Å². The van der Waals surface area contributed by atoms with Crippen molar-refractivity contribution in [2.24, 2.45) is 0 Å². The van der Waals surface area contributed by atoms with Crippen LogP contribution in [0.5, 0.6) is 0 Å². The number of pyridine rings is 1. The summed E-state index contributed by atoms with van der Waals surface area (Å²) in [6.45, 7) is 2.71. The first-order valence-corrected chi connectivity index (χ1v) is 9.66. The van der Waals surface area contributed by atoms with Crippen LogP contribution in [0.1, 0.15) is 25.0 Å². The van der Waals surface area contributed by atoms with Crippen LogP contribution >= 0.6 is 0 Å². The zero-order chi connectivity index (χ0) is 19.5. The van der Waals surface area contributed by atoms with E-state index in [1.54, 1.807) is 11.0 Å². The topological polar surface area (TPSA) is 96.0 Å². The van der Waals surface area contributed by atoms with Gasteiger partial charge in [0.15, 0.2) is 0 Å². The third kappa shape index (κ3) is 3.62. The van der Waals surface area contributed by atoms with Crippen LogP contribution in [0.25, 0.3) is 10.9 Å². The molecule has 1 aromatic heterocycles. The molecule has 2 fully saturated rings. The van der Waals surface area contributed by atoms with Crippen molar-refractivity contribution in [2.45, 2.75) is 31.3 Å². The van der Waals surface area contributed by atoms with Gasteiger partial charge in [-0.2, -0.15) is 10.5 Å². The van der Waals surface area contributed by atoms with Crippen LogP contribution in [-0.4, -0.2) is 59.0 Å². The van der Waals surface area contributed by atoms with Crippen LogP contribution < -0.4 is 5.32 Å². The van der Waals surface area contributed by atoms with Crippen LogP contribution in [-0.2, 0) is 4.79 Å². The second-order valence-electron chi connectivity index (χ2n) is 7.42. The molecule has 2 atom stereocenters. The first kappa shape index (κ1) is 18.2. The molecule has 7 nitrogen and oxygen atoms in total. The highest BCUT2D eigenvalue weighted by Gasteiger charge is 2.31. The van der Waals surface area contributed by atoms with Gasteiger partial charge < -0.3 is 10.2 Å². The average Bonchev–Trinajstić information content (AvgIpc) is 3.37. The standard InChI is InChI=1S/C21H22N6O/c22-11-15-6-7-18-19(24-15)4-1-5-20(18)25-16-8-10-26(13-16)14-21(28)27-9-2-3-17(27)12-23/h1,4-7,16-17,25H,2-3,8-10,13-14H2/t16-,17?/m0/s1. The molecule has 7 heteroatoms. The van der Waals surface area contributed by atoms with Gasteiger partial charge in [0.2, 0.25) is 5.91 Å². The number of likely N-dealkylation sites (tertiary alicyclic amines) is 2. The summed E-state index contributed by atoms with van der Waals surface area (Å²) in [5, 5.41) is 22.8. The minimum atomic E-state index is -0.259. The van der Waals surface area contributed by atoms with Gasteiger partial charge in [-0.05, 0) is 43.5 Å². The van der Waals surface area contributed by atoms with E-state index in [0.717, 1.165) is 48.9 Å². The van der Waals surface area contributed by atoms with E-state index in [4.69, 9.17) is 5.26 Å². The number of anilines is 1. The van der Waals surface area contributed by atoms with Gasteiger partial charge in [-0.3, -0.25) is 9.69 Å². The normalized spacial score (nSPS) is 22.1. The molecule has 4 rings (SSSR count). The number of aromatic nitrogens is 1. The Kier molecular flexibility index (Phi) is 5.10. The monoisotopic (exact) mass is 374 g/mol. The Hall–Kier alpha value is -3.16. The lowest BCUT2D eigenvalue weighted by molar-refractivity contribution is -0.132. The number of carbonyl (C=O) groups excluding carboxylic acids is 1. The van der Waals surface area contributed by atoms with Crippen molar-refractivity contribution in [1.82, 2.24) is 14.8 Å². The van der Waals surface area contributed by atoms with Crippen LogP contribution in [0.3, 0.4) is 0 Å². The molecule has 2 aliphatic heterocycles. The molecule has 3 heterocycles. The molecule has 2 aliphatic rings. The highest BCUT2D eigenvalue weighted by molar-refractivity contribution is 5.91. The van der Waals surface area contributed by atoms with Crippen molar-refractivity contribution in [1.29, 1.82) is 10.5 Å². The zero-order valence-corrected chi connectivity index (χ0v) is 15.6. The van der Waals surface area contributed by atoms with Crippen molar-refractivity contribution in [3.05, 3.63) is 36.0 Å². The second kappa shape index (κ2) is 7.84. The summed E-state index contributed by atoms with van der Waals surface area (Å²) in [7, 11) is 0. The fourth-order valence-electron chi connectivity index (χ4n) is 4.14. The van der Waals surface area contributed by atoms with Gasteiger partial charge in [-0.25, -0.2) is 4.98 Å². The van der Waals surface area contributed by atoms with Crippen LogP contribution in [0.15, 0.2) is 30.3 Å². The summed E-state index contributed by atoms with van der Waals surface area (Å²) in [6, 6.07) is 13.8. The summed E-state index contributed by atoms with van der Waals surface area (Å²) < 4.78 is 0. The number of carbonyl (C=O) groups is 1. The summed E-state index contributed by atoms with van der Waals surface area (Å²) in [6.07, 6.45) is 2.65. The Morgan fingerprint density at radius 2 is 2.11 bits per heavy atom. The van der Waals surface area contributed by atoms with E-state index in [1.807, 2.05) is 24.3 Å². The molecule has 0 saturated carbocycles. The average molecular weight is 374 g/mol. The summed E-state index contributed by atoms with van der Waals surface area (Å²) in [5.41, 5.74) is 2.20. The molecule has 0 radical (unpaired) electrons. The molecular weight excluding hydrogens is 352 g/mol. The Morgan fingerprint density at radius 1 is 1.21 bits per heavy atom. The molecular formula is C21H22N6O. The van der Waals surface area contributed by atoms with E-state index in [9.17, 15) is 10.1 Å². The quantitative estimate of drug-likeness (QED) is 0.880. The number of nitrogens with one attached hydrogen (secondary N) is 1. The number of nitriles is 2. The molecule has 2 aromatic rings. The molecule has 1 unspecified atom stereocenters. The van der Waals surface area contributed by atoms with Crippen molar-refractivity contribution in [3.63, 3.8) is 0 Å². The predicted molar refractivity (Wildman–Crippen MR) is 105 cm³/mol. The predicted octanol–water partition coefficient (Wildman–Crippen LogP) is 2.11. The summed E-state index contributed by atoms with van der Waals surface area (Å²) in [4.78, 5) is 20.8. The highest BCUT2D eigenvalue weighted by atomic mass is 16.2. The molecule has 1 amide bonds. The number of nitrogens with zero attached hydrogens (tertiary/aromatic N) is 5. The van der Waals surface area contributed by atoms with Gasteiger partial charge in [-0.15, -0.1) is 0 Å². The molecule has 1 aromatic carbocycles. The van der Waals surface area contributed by atoms with Crippen LogP contribution in [0.4, 0.5) is 5.69 Å². The van der Waals surface area contributed by atoms with Crippen LogP contribution in [0, 0.1) is 22.7 Å². The van der Waals surface area contributed by atoms with E-state index < -0.39 is 0 Å². The first-order valence-electron chi connectivity index (χ1n) is 9.66. The fourth-order valence-corrected chi connectivity index (χ4v) is 4.14. The Bertz CT molecular complexity index is 975. The largest absolute Gasteiger partial charge is 0.380 e. The Balaban J connectivity index is 1.39. The Labute approximate surface area is 164 Å². The van der Waals surface area contributed by atoms with Gasteiger partial charge in [0.05, 0.1) is 18.1 Å². The van der Waals surface area contributed by atoms with Crippen molar-refractivity contribution in [2.75, 3.05) is 31.5 Å². The second-order valence-corrected chi connectivity index (χ2v) is 7.42. The number of fused-ring (bicyclic) bond motifs is 1. The first-order chi connectivity index (χ1) is 13.7. The number of rotatable bonds is 4. The molecule has 28 heavy (non-hydrogen) atoms. The lowest BCUT2D eigenvalue weighted by Gasteiger charge is -2.23. The van der Waals surface area contributed by atoms with E-state index in [-0.39, 0.29) is 18.0 Å². The van der Waals surface area contributed by atoms with Crippen molar-refractivity contribution >= 4 is 22.5 Å². The maximum absolute atomic E-state index is 12.5. The number of amides is 1. The minimum Gasteiger partial charge on any atom is -0.380 e. The third-order valence-electron chi connectivity index (χ3n) is 5.56. The van der Waals surface area contributed by atoms with E-state index in [0.29, 0.717) is 18.8 Å². The van der Waals surface area contributed by atoms with Crippen molar-refractivity contribution in [3.8, 4) is 12.1 Å². The van der Waals surface area contributed by atoms with Gasteiger partial charge in [-0.1, -0.05) is 6.07 Å². The zero-order valence-electron chi connectivity index (χ0n) is 15.6. The fraction of sp³-hybridized carbons (Fsp3) is 0.429. The number of hydrogen-bond donors (Lipinski definition) is 1. The smallest absolute Gasteiger partial charge is 0.237 e. The maximum atomic E-state index is 12.5. The van der Waals surface area contributed by atoms with Crippen LogP contribution in [0.2, 0.25) is 0 Å². The number of hydrogen-bond acceptors (Lipinski definition) is 6. The van der Waals surface area contributed by atoms with E-state index >= 15 is 0 Å². The van der Waals surface area contributed by atoms with Gasteiger partial charge in [0.1, 0.15) is 17.8 Å². The van der Waals surface area contributed by atoms with E-state index in [1.165, 1.54) is 0 Å². The maximum Gasteiger partial charge on any atom is 0.237 e. The molecule has 0 aliphatic carbocycles. The molecule has 0 spiro atoms. The molecule has 142 valence electrons. The van der Waals surface area contributed by atoms with E-state index in [2.05, 4.69) is 27.3 Å².